The van der Waals surface area contributed by atoms with Gasteiger partial charge in [-0.3, -0.25) is 9.59 Å². The second kappa shape index (κ2) is 7.32. The van der Waals surface area contributed by atoms with E-state index in [0.29, 0.717) is 17.1 Å². The van der Waals surface area contributed by atoms with Gasteiger partial charge in [-0.05, 0) is 23.8 Å². The molecule has 0 aliphatic rings. The highest BCUT2D eigenvalue weighted by Crippen LogP contribution is 2.24. The number of H-pyrrole nitrogens is 1. The van der Waals surface area contributed by atoms with Crippen LogP contribution in [0.3, 0.4) is 0 Å². The van der Waals surface area contributed by atoms with Crippen LogP contribution in [0, 0.1) is 0 Å². The molecule has 0 saturated heterocycles. The van der Waals surface area contributed by atoms with Gasteiger partial charge in [-0.2, -0.15) is 0 Å². The van der Waals surface area contributed by atoms with Crippen molar-refractivity contribution < 1.29 is 9.59 Å². The molecule has 0 radical (unpaired) electrons. The Morgan fingerprint density at radius 3 is 2.64 bits per heavy atom. The molecule has 0 unspecified atom stereocenters. The van der Waals surface area contributed by atoms with Crippen molar-refractivity contribution >= 4 is 34.2 Å². The molecule has 2 heterocycles. The molecular formula is C21H17ClN4O2. The first kappa shape index (κ1) is 18.0. The number of benzene rings is 2. The van der Waals surface area contributed by atoms with Crippen LogP contribution in [0.25, 0.3) is 10.9 Å². The Kier molecular flexibility index (Phi) is 4.71. The van der Waals surface area contributed by atoms with Crippen LogP contribution in [0.2, 0.25) is 5.02 Å². The van der Waals surface area contributed by atoms with Crippen LogP contribution in [0.1, 0.15) is 32.2 Å². The van der Waals surface area contributed by atoms with Crippen molar-refractivity contribution in [3.8, 4) is 0 Å². The summed E-state index contributed by atoms with van der Waals surface area (Å²) in [7, 11) is 1.52. The van der Waals surface area contributed by atoms with Crippen LogP contribution >= 0.6 is 11.6 Å². The van der Waals surface area contributed by atoms with E-state index in [1.165, 1.54) is 13.2 Å². The van der Waals surface area contributed by atoms with Crippen LogP contribution in [0.15, 0.2) is 60.9 Å². The standard InChI is InChI=1S/C21H17ClN4O2/c1-23-21(28)17-10-24-20(25-17)19(27)16-12-26(18-5-3-2-4-15(16)18)11-13-6-8-14(22)9-7-13/h2-10,12H,11H2,1H3,(H,23,28)(H,24,25). The second-order valence-corrected chi connectivity index (χ2v) is 6.80. The smallest absolute Gasteiger partial charge is 0.269 e. The van der Waals surface area contributed by atoms with Gasteiger partial charge in [0.2, 0.25) is 5.78 Å². The van der Waals surface area contributed by atoms with Crippen LogP contribution < -0.4 is 5.32 Å². The van der Waals surface area contributed by atoms with Gasteiger partial charge in [0, 0.05) is 35.7 Å². The van der Waals surface area contributed by atoms with Gasteiger partial charge in [0.15, 0.2) is 5.82 Å². The van der Waals surface area contributed by atoms with E-state index in [-0.39, 0.29) is 23.2 Å². The number of carbonyl (C=O) groups is 2. The molecule has 1 amide bonds. The van der Waals surface area contributed by atoms with Crippen molar-refractivity contribution in [3.05, 3.63) is 88.6 Å². The fourth-order valence-corrected chi connectivity index (χ4v) is 3.29. The monoisotopic (exact) mass is 392 g/mol. The van der Waals surface area contributed by atoms with Crippen molar-refractivity contribution in [2.24, 2.45) is 0 Å². The van der Waals surface area contributed by atoms with Crippen molar-refractivity contribution in [1.82, 2.24) is 19.9 Å². The minimum absolute atomic E-state index is 0.132. The molecule has 7 heteroatoms. The van der Waals surface area contributed by atoms with Crippen LogP contribution in [0.5, 0.6) is 0 Å². The number of para-hydroxylation sites is 1. The molecule has 2 aromatic heterocycles. The zero-order valence-corrected chi connectivity index (χ0v) is 15.8. The summed E-state index contributed by atoms with van der Waals surface area (Å²) in [4.78, 5) is 31.6. The lowest BCUT2D eigenvalue weighted by molar-refractivity contribution is 0.0958. The normalized spacial score (nSPS) is 10.9. The summed E-state index contributed by atoms with van der Waals surface area (Å²) in [5.41, 5.74) is 2.79. The summed E-state index contributed by atoms with van der Waals surface area (Å²) in [6.07, 6.45) is 3.18. The van der Waals surface area contributed by atoms with Gasteiger partial charge in [-0.25, -0.2) is 4.98 Å². The number of hydrogen-bond acceptors (Lipinski definition) is 3. The largest absolute Gasteiger partial charge is 0.354 e. The van der Waals surface area contributed by atoms with Gasteiger partial charge in [0.25, 0.3) is 5.91 Å². The summed E-state index contributed by atoms with van der Waals surface area (Å²) in [6, 6.07) is 15.3. The molecule has 0 atom stereocenters. The van der Waals surface area contributed by atoms with E-state index in [0.717, 1.165) is 16.5 Å². The molecule has 2 N–H and O–H groups in total. The predicted octanol–water partition coefficient (Wildman–Crippen LogP) is 3.66. The van der Waals surface area contributed by atoms with Gasteiger partial charge in [0.1, 0.15) is 5.69 Å². The summed E-state index contributed by atoms with van der Waals surface area (Å²) in [6.45, 7) is 0.604. The summed E-state index contributed by atoms with van der Waals surface area (Å²) < 4.78 is 2.02. The van der Waals surface area contributed by atoms with Gasteiger partial charge in [-0.1, -0.05) is 41.9 Å². The fourth-order valence-electron chi connectivity index (χ4n) is 3.16. The number of carbonyl (C=O) groups excluding carboxylic acids is 2. The Labute approximate surface area is 166 Å². The number of imidazole rings is 1. The number of aromatic nitrogens is 3. The number of rotatable bonds is 5. The second-order valence-electron chi connectivity index (χ2n) is 6.37. The lowest BCUT2D eigenvalue weighted by Gasteiger charge is -2.05. The molecule has 2 aromatic carbocycles. The molecule has 0 aliphatic carbocycles. The van der Waals surface area contributed by atoms with Crippen molar-refractivity contribution in [2.45, 2.75) is 6.54 Å². The lowest BCUT2D eigenvalue weighted by Crippen LogP contribution is -2.18. The number of ketones is 1. The van der Waals surface area contributed by atoms with Crippen molar-refractivity contribution in [1.29, 1.82) is 0 Å². The zero-order chi connectivity index (χ0) is 19.7. The van der Waals surface area contributed by atoms with Gasteiger partial charge < -0.3 is 14.9 Å². The Hall–Kier alpha value is -3.38. The molecule has 4 rings (SSSR count). The molecule has 0 saturated carbocycles. The summed E-state index contributed by atoms with van der Waals surface area (Å²) in [5.74, 6) is -0.453. The van der Waals surface area contributed by atoms with E-state index >= 15 is 0 Å². The van der Waals surface area contributed by atoms with Crippen molar-refractivity contribution in [2.75, 3.05) is 7.05 Å². The molecule has 0 bridgehead atoms. The molecule has 0 aliphatic heterocycles. The third-order valence-corrected chi connectivity index (χ3v) is 4.81. The van der Waals surface area contributed by atoms with E-state index < -0.39 is 0 Å². The highest BCUT2D eigenvalue weighted by molar-refractivity contribution is 6.30. The average Bonchev–Trinajstić information content (AvgIpc) is 3.35. The molecule has 0 spiro atoms. The number of aromatic amines is 1. The van der Waals surface area contributed by atoms with Crippen LogP contribution in [-0.4, -0.2) is 33.3 Å². The topological polar surface area (TPSA) is 79.8 Å². The van der Waals surface area contributed by atoms with Crippen LogP contribution in [0.4, 0.5) is 0 Å². The molecule has 140 valence electrons. The fraction of sp³-hybridized carbons (Fsp3) is 0.0952. The van der Waals surface area contributed by atoms with Crippen molar-refractivity contribution in [3.63, 3.8) is 0 Å². The van der Waals surface area contributed by atoms with Gasteiger partial charge in [0.05, 0.1) is 11.8 Å². The Morgan fingerprint density at radius 2 is 1.89 bits per heavy atom. The number of nitrogens with zero attached hydrogens (tertiary/aromatic N) is 2. The maximum Gasteiger partial charge on any atom is 0.269 e. The first-order valence-corrected chi connectivity index (χ1v) is 9.08. The van der Waals surface area contributed by atoms with E-state index in [1.54, 1.807) is 0 Å². The number of halogens is 1. The van der Waals surface area contributed by atoms with Crippen LogP contribution in [-0.2, 0) is 6.54 Å². The third-order valence-electron chi connectivity index (χ3n) is 4.56. The minimum Gasteiger partial charge on any atom is -0.354 e. The number of fused-ring (bicyclic) bond motifs is 1. The quantitative estimate of drug-likeness (QED) is 0.509. The maximum absolute atomic E-state index is 13.0. The highest BCUT2D eigenvalue weighted by Gasteiger charge is 2.20. The maximum atomic E-state index is 13.0. The Balaban J connectivity index is 1.73. The zero-order valence-electron chi connectivity index (χ0n) is 15.1. The Bertz CT molecular complexity index is 1170. The first-order chi connectivity index (χ1) is 13.6. The number of nitrogens with one attached hydrogen (secondary N) is 2. The SMILES string of the molecule is CNC(=O)c1cnc(C(=O)c2cn(Cc3ccc(Cl)cc3)c3ccccc23)[nH]1. The summed E-state index contributed by atoms with van der Waals surface area (Å²) >= 11 is 5.97. The molecule has 0 fully saturated rings. The average molecular weight is 393 g/mol. The van der Waals surface area contributed by atoms with Gasteiger partial charge >= 0.3 is 0 Å². The molecule has 28 heavy (non-hydrogen) atoms. The number of hydrogen-bond donors (Lipinski definition) is 2. The van der Waals surface area contributed by atoms with E-state index in [1.807, 2.05) is 59.3 Å². The lowest BCUT2D eigenvalue weighted by atomic mass is 10.1. The number of amides is 1. The Morgan fingerprint density at radius 1 is 1.14 bits per heavy atom. The molecule has 4 aromatic rings. The molecule has 6 nitrogen and oxygen atoms in total. The van der Waals surface area contributed by atoms with Gasteiger partial charge in [-0.15, -0.1) is 0 Å². The minimum atomic E-state index is -0.322. The van der Waals surface area contributed by atoms with E-state index in [2.05, 4.69) is 15.3 Å². The first-order valence-electron chi connectivity index (χ1n) is 8.71. The molecular weight excluding hydrogens is 376 g/mol. The van der Waals surface area contributed by atoms with E-state index in [9.17, 15) is 9.59 Å². The summed E-state index contributed by atoms with van der Waals surface area (Å²) in [5, 5.41) is 4.02. The third kappa shape index (κ3) is 3.30. The van der Waals surface area contributed by atoms with E-state index in [4.69, 9.17) is 11.6 Å². The predicted molar refractivity (Wildman–Crippen MR) is 108 cm³/mol. The highest BCUT2D eigenvalue weighted by atomic mass is 35.5.